The molecule has 0 atom stereocenters. The Balaban J connectivity index is 1.86. The Morgan fingerprint density at radius 1 is 1.47 bits per heavy atom. The van der Waals surface area contributed by atoms with E-state index in [1.807, 2.05) is 13.1 Å². The second kappa shape index (κ2) is 6.22. The van der Waals surface area contributed by atoms with Crippen LogP contribution in [-0.4, -0.2) is 36.7 Å². The lowest BCUT2D eigenvalue weighted by molar-refractivity contribution is 0.0472. The Hall–Kier alpha value is -0.800. The molecule has 0 amide bonds. The molecule has 0 saturated carbocycles. The molecule has 0 spiro atoms. The zero-order valence-electron chi connectivity index (χ0n) is 10.2. The number of alkyl halides is 1. The summed E-state index contributed by atoms with van der Waals surface area (Å²) < 4.78 is 5.67. The van der Waals surface area contributed by atoms with Crippen LogP contribution in [0.4, 0.5) is 5.69 Å². The summed E-state index contributed by atoms with van der Waals surface area (Å²) in [5.74, 6) is 0.587. The van der Waals surface area contributed by atoms with Gasteiger partial charge in [0.15, 0.2) is 0 Å². The maximum atomic E-state index is 5.67. The van der Waals surface area contributed by atoms with Gasteiger partial charge >= 0.3 is 0 Å². The molecule has 2 heterocycles. The first-order chi connectivity index (χ1) is 8.29. The van der Waals surface area contributed by atoms with E-state index in [1.165, 1.54) is 5.69 Å². The SMILES string of the molecule is Cc1cc(N2CCC(OCCCl)CC2)ccn1. The summed E-state index contributed by atoms with van der Waals surface area (Å²) in [6, 6.07) is 4.22. The zero-order valence-corrected chi connectivity index (χ0v) is 11.0. The van der Waals surface area contributed by atoms with Crippen LogP contribution in [0.3, 0.4) is 0 Å². The zero-order chi connectivity index (χ0) is 12.1. The number of nitrogens with zero attached hydrogens (tertiary/aromatic N) is 2. The summed E-state index contributed by atoms with van der Waals surface area (Å²) in [4.78, 5) is 6.62. The average molecular weight is 255 g/mol. The second-order valence-corrected chi connectivity index (χ2v) is 4.78. The highest BCUT2D eigenvalue weighted by atomic mass is 35.5. The van der Waals surface area contributed by atoms with Crippen molar-refractivity contribution in [1.82, 2.24) is 4.98 Å². The predicted molar refractivity (Wildman–Crippen MR) is 70.9 cm³/mol. The number of piperidine rings is 1. The molecule has 0 N–H and O–H groups in total. The van der Waals surface area contributed by atoms with Crippen molar-refractivity contribution in [2.24, 2.45) is 0 Å². The van der Waals surface area contributed by atoms with Gasteiger partial charge in [-0.2, -0.15) is 0 Å². The maximum absolute atomic E-state index is 5.67. The van der Waals surface area contributed by atoms with Crippen LogP contribution in [-0.2, 0) is 4.74 Å². The van der Waals surface area contributed by atoms with Crippen LogP contribution in [0.2, 0.25) is 0 Å². The molecule has 4 heteroatoms. The fourth-order valence-corrected chi connectivity index (χ4v) is 2.31. The van der Waals surface area contributed by atoms with Crippen LogP contribution in [0.5, 0.6) is 0 Å². The first kappa shape index (κ1) is 12.7. The van der Waals surface area contributed by atoms with E-state index < -0.39 is 0 Å². The van der Waals surface area contributed by atoms with Gasteiger partial charge < -0.3 is 9.64 Å². The summed E-state index contributed by atoms with van der Waals surface area (Å²) in [7, 11) is 0. The fraction of sp³-hybridized carbons (Fsp3) is 0.615. The third kappa shape index (κ3) is 3.58. The van der Waals surface area contributed by atoms with E-state index in [4.69, 9.17) is 16.3 Å². The van der Waals surface area contributed by atoms with Gasteiger partial charge in [0, 0.05) is 36.5 Å². The number of rotatable bonds is 4. The highest BCUT2D eigenvalue weighted by Crippen LogP contribution is 2.21. The molecule has 94 valence electrons. The van der Waals surface area contributed by atoms with Gasteiger partial charge in [0.1, 0.15) is 0 Å². The van der Waals surface area contributed by atoms with E-state index in [1.54, 1.807) is 0 Å². The number of halogens is 1. The minimum absolute atomic E-state index is 0.382. The topological polar surface area (TPSA) is 25.4 Å². The molecule has 1 fully saturated rings. The quantitative estimate of drug-likeness (QED) is 0.773. The number of aromatic nitrogens is 1. The van der Waals surface area contributed by atoms with E-state index in [9.17, 15) is 0 Å². The van der Waals surface area contributed by atoms with Crippen LogP contribution in [0, 0.1) is 6.92 Å². The molecular weight excluding hydrogens is 236 g/mol. The third-order valence-corrected chi connectivity index (χ3v) is 3.27. The van der Waals surface area contributed by atoms with E-state index in [2.05, 4.69) is 22.0 Å². The van der Waals surface area contributed by atoms with Gasteiger partial charge in [0.25, 0.3) is 0 Å². The maximum Gasteiger partial charge on any atom is 0.0609 e. The van der Waals surface area contributed by atoms with Crippen molar-refractivity contribution in [2.45, 2.75) is 25.9 Å². The number of ether oxygens (including phenoxy) is 1. The number of hydrogen-bond acceptors (Lipinski definition) is 3. The van der Waals surface area contributed by atoms with Crippen molar-refractivity contribution in [3.63, 3.8) is 0 Å². The smallest absolute Gasteiger partial charge is 0.0609 e. The highest BCUT2D eigenvalue weighted by Gasteiger charge is 2.19. The van der Waals surface area contributed by atoms with Gasteiger partial charge in [0.05, 0.1) is 12.7 Å². The summed E-state index contributed by atoms with van der Waals surface area (Å²) in [6.45, 7) is 4.80. The summed E-state index contributed by atoms with van der Waals surface area (Å²) >= 11 is 5.62. The number of aryl methyl sites for hydroxylation is 1. The summed E-state index contributed by atoms with van der Waals surface area (Å²) in [6.07, 6.45) is 4.42. The third-order valence-electron chi connectivity index (χ3n) is 3.12. The van der Waals surface area contributed by atoms with Crippen LogP contribution in [0.25, 0.3) is 0 Å². The van der Waals surface area contributed by atoms with Crippen molar-refractivity contribution in [3.05, 3.63) is 24.0 Å². The highest BCUT2D eigenvalue weighted by molar-refractivity contribution is 6.17. The van der Waals surface area contributed by atoms with Crippen LogP contribution in [0.15, 0.2) is 18.3 Å². The molecule has 0 aliphatic carbocycles. The molecule has 2 rings (SSSR count). The van der Waals surface area contributed by atoms with Crippen molar-refractivity contribution in [2.75, 3.05) is 30.5 Å². The first-order valence-corrected chi connectivity index (χ1v) is 6.68. The van der Waals surface area contributed by atoms with Gasteiger partial charge in [-0.15, -0.1) is 11.6 Å². The molecule has 1 aromatic rings. The van der Waals surface area contributed by atoms with Crippen LogP contribution >= 0.6 is 11.6 Å². The molecule has 0 bridgehead atoms. The fourth-order valence-electron chi connectivity index (χ4n) is 2.22. The van der Waals surface area contributed by atoms with Crippen molar-refractivity contribution >= 4 is 17.3 Å². The van der Waals surface area contributed by atoms with E-state index >= 15 is 0 Å². The number of pyridine rings is 1. The molecule has 17 heavy (non-hydrogen) atoms. The Labute approximate surface area is 108 Å². The van der Waals surface area contributed by atoms with Crippen LogP contribution in [0.1, 0.15) is 18.5 Å². The Morgan fingerprint density at radius 3 is 2.88 bits per heavy atom. The molecule has 1 aromatic heterocycles. The van der Waals surface area contributed by atoms with Crippen molar-refractivity contribution < 1.29 is 4.74 Å². The largest absolute Gasteiger partial charge is 0.377 e. The lowest BCUT2D eigenvalue weighted by Gasteiger charge is -2.33. The monoisotopic (exact) mass is 254 g/mol. The van der Waals surface area contributed by atoms with Gasteiger partial charge in [-0.1, -0.05) is 0 Å². The van der Waals surface area contributed by atoms with Crippen LogP contribution < -0.4 is 4.90 Å². The average Bonchev–Trinajstić information content (AvgIpc) is 2.37. The van der Waals surface area contributed by atoms with E-state index in [0.717, 1.165) is 31.6 Å². The molecule has 0 unspecified atom stereocenters. The lowest BCUT2D eigenvalue weighted by atomic mass is 10.1. The second-order valence-electron chi connectivity index (χ2n) is 4.40. The standard InChI is InChI=1S/C13H19ClN2O/c1-11-10-12(2-6-15-11)16-7-3-13(4-8-16)17-9-5-14/h2,6,10,13H,3-5,7-9H2,1H3. The molecule has 1 aliphatic rings. The molecule has 1 aliphatic heterocycles. The van der Waals surface area contributed by atoms with Crippen molar-refractivity contribution in [3.8, 4) is 0 Å². The minimum Gasteiger partial charge on any atom is -0.377 e. The molecule has 3 nitrogen and oxygen atoms in total. The molecular formula is C13H19ClN2O. The molecule has 0 aromatic carbocycles. The van der Waals surface area contributed by atoms with Gasteiger partial charge in [0.2, 0.25) is 0 Å². The Morgan fingerprint density at radius 2 is 2.24 bits per heavy atom. The first-order valence-electron chi connectivity index (χ1n) is 6.15. The van der Waals surface area contributed by atoms with Gasteiger partial charge in [-0.05, 0) is 31.9 Å². The van der Waals surface area contributed by atoms with Crippen molar-refractivity contribution in [1.29, 1.82) is 0 Å². The van der Waals surface area contributed by atoms with E-state index in [0.29, 0.717) is 18.6 Å². The molecule has 1 saturated heterocycles. The predicted octanol–water partition coefficient (Wildman–Crippen LogP) is 2.61. The van der Waals surface area contributed by atoms with Gasteiger partial charge in [-0.25, -0.2) is 0 Å². The number of anilines is 1. The lowest BCUT2D eigenvalue weighted by Crippen LogP contribution is -2.37. The normalized spacial score (nSPS) is 17.4. The van der Waals surface area contributed by atoms with E-state index in [-0.39, 0.29) is 0 Å². The molecule has 0 radical (unpaired) electrons. The minimum atomic E-state index is 0.382. The van der Waals surface area contributed by atoms with Gasteiger partial charge in [-0.3, -0.25) is 4.98 Å². The summed E-state index contributed by atoms with van der Waals surface area (Å²) in [5.41, 5.74) is 2.34. The Bertz CT molecular complexity index is 351. The number of hydrogen-bond donors (Lipinski definition) is 0. The Kier molecular flexibility index (Phi) is 4.63. The summed E-state index contributed by atoms with van der Waals surface area (Å²) in [5, 5.41) is 0.